The number of nitrogens with one attached hydrogen (secondary N) is 1. The van der Waals surface area contributed by atoms with Gasteiger partial charge in [-0.3, -0.25) is 9.10 Å². The van der Waals surface area contributed by atoms with E-state index in [1.54, 1.807) is 24.3 Å². The number of hydrogen-bond donors (Lipinski definition) is 1. The van der Waals surface area contributed by atoms with Gasteiger partial charge in [-0.05, 0) is 42.5 Å². The van der Waals surface area contributed by atoms with Crippen LogP contribution >= 0.6 is 11.6 Å². The molecule has 2 aromatic carbocycles. The number of halogens is 1. The fourth-order valence-electron chi connectivity index (χ4n) is 2.60. The van der Waals surface area contributed by atoms with Gasteiger partial charge >= 0.3 is 5.97 Å². The number of sulfonamides is 1. The predicted molar refractivity (Wildman–Crippen MR) is 123 cm³/mol. The molecule has 2 rings (SSSR count). The van der Waals surface area contributed by atoms with E-state index >= 15 is 0 Å². The molecular formula is C22H23ClN2O6S. The average molecular weight is 479 g/mol. The standard InChI is InChI=1S/C22H23ClN2O6S/c1-4-12-24-21(26)15-31-22(27)19-14-18(10-11-20(19)23)32(28,29)25(13-5-2)16-6-8-17(30-3)9-7-16/h4-11,14H,1-2,12-13,15H2,3H3,(H,24,26). The largest absolute Gasteiger partial charge is 0.497 e. The summed E-state index contributed by atoms with van der Waals surface area (Å²) in [5, 5.41) is 2.44. The highest BCUT2D eigenvalue weighted by atomic mass is 35.5. The van der Waals surface area contributed by atoms with E-state index in [2.05, 4.69) is 18.5 Å². The fourth-order valence-corrected chi connectivity index (χ4v) is 4.26. The monoisotopic (exact) mass is 478 g/mol. The van der Waals surface area contributed by atoms with E-state index in [4.69, 9.17) is 21.1 Å². The zero-order chi connectivity index (χ0) is 23.7. The van der Waals surface area contributed by atoms with Crippen molar-refractivity contribution in [3.8, 4) is 5.75 Å². The number of carbonyl (C=O) groups is 2. The second-order valence-electron chi connectivity index (χ2n) is 6.33. The molecule has 0 aliphatic rings. The molecule has 170 valence electrons. The van der Waals surface area contributed by atoms with Crippen molar-refractivity contribution in [1.29, 1.82) is 0 Å². The van der Waals surface area contributed by atoms with Crippen LogP contribution in [0.3, 0.4) is 0 Å². The lowest BCUT2D eigenvalue weighted by Crippen LogP contribution is -2.31. The number of ether oxygens (including phenoxy) is 2. The molecule has 0 radical (unpaired) electrons. The maximum atomic E-state index is 13.3. The van der Waals surface area contributed by atoms with Gasteiger partial charge in [-0.15, -0.1) is 13.2 Å². The van der Waals surface area contributed by atoms with E-state index in [-0.39, 0.29) is 28.6 Å². The van der Waals surface area contributed by atoms with Crippen molar-refractivity contribution in [2.45, 2.75) is 4.90 Å². The normalized spacial score (nSPS) is 10.7. The Morgan fingerprint density at radius 2 is 1.81 bits per heavy atom. The molecule has 0 saturated heterocycles. The molecule has 2 aromatic rings. The Morgan fingerprint density at radius 3 is 2.41 bits per heavy atom. The van der Waals surface area contributed by atoms with Gasteiger partial charge < -0.3 is 14.8 Å². The third kappa shape index (κ3) is 6.12. The second kappa shape index (κ2) is 11.4. The molecule has 0 heterocycles. The van der Waals surface area contributed by atoms with E-state index in [0.717, 1.165) is 10.4 Å². The number of carbonyl (C=O) groups excluding carboxylic acids is 2. The molecule has 32 heavy (non-hydrogen) atoms. The topological polar surface area (TPSA) is 102 Å². The maximum absolute atomic E-state index is 13.3. The van der Waals surface area contributed by atoms with Crippen LogP contribution in [-0.2, 0) is 19.6 Å². The molecule has 0 aliphatic carbocycles. The number of benzene rings is 2. The number of hydrogen-bond acceptors (Lipinski definition) is 6. The first-order valence-electron chi connectivity index (χ1n) is 9.36. The van der Waals surface area contributed by atoms with Crippen LogP contribution in [0.2, 0.25) is 5.02 Å². The molecule has 10 heteroatoms. The van der Waals surface area contributed by atoms with Crippen LogP contribution in [0.5, 0.6) is 5.75 Å². The minimum absolute atomic E-state index is 0.0134. The van der Waals surface area contributed by atoms with Crippen molar-refractivity contribution in [3.63, 3.8) is 0 Å². The van der Waals surface area contributed by atoms with Crippen LogP contribution in [0.25, 0.3) is 0 Å². The van der Waals surface area contributed by atoms with Gasteiger partial charge in [0, 0.05) is 6.54 Å². The summed E-state index contributed by atoms with van der Waals surface area (Å²) in [6, 6.07) is 10.1. The molecule has 0 aromatic heterocycles. The summed E-state index contributed by atoms with van der Waals surface area (Å²) in [5.74, 6) is -0.895. The highest BCUT2D eigenvalue weighted by Crippen LogP contribution is 2.28. The number of rotatable bonds is 11. The second-order valence-corrected chi connectivity index (χ2v) is 8.60. The molecule has 0 aliphatic heterocycles. The lowest BCUT2D eigenvalue weighted by molar-refractivity contribution is -0.124. The lowest BCUT2D eigenvalue weighted by atomic mass is 10.2. The van der Waals surface area contributed by atoms with Crippen LogP contribution in [0.4, 0.5) is 5.69 Å². The first-order chi connectivity index (χ1) is 15.2. The van der Waals surface area contributed by atoms with Crippen molar-refractivity contribution in [2.75, 3.05) is 31.1 Å². The summed E-state index contributed by atoms with van der Waals surface area (Å²) < 4.78 is 37.8. The minimum atomic E-state index is -4.09. The van der Waals surface area contributed by atoms with Crippen LogP contribution in [0.15, 0.2) is 72.7 Å². The quantitative estimate of drug-likeness (QED) is 0.393. The summed E-state index contributed by atoms with van der Waals surface area (Å²) in [4.78, 5) is 23.9. The summed E-state index contributed by atoms with van der Waals surface area (Å²) in [5.41, 5.74) is 0.196. The molecule has 0 saturated carbocycles. The molecule has 1 amide bonds. The van der Waals surface area contributed by atoms with Crippen LogP contribution in [-0.4, -0.2) is 47.1 Å². The summed E-state index contributed by atoms with van der Waals surface area (Å²) >= 11 is 6.08. The van der Waals surface area contributed by atoms with Crippen molar-refractivity contribution < 1.29 is 27.5 Å². The Kier molecular flexibility index (Phi) is 8.86. The van der Waals surface area contributed by atoms with Gasteiger partial charge in [0.05, 0.1) is 34.8 Å². The molecule has 0 unspecified atom stereocenters. The first-order valence-corrected chi connectivity index (χ1v) is 11.2. The maximum Gasteiger partial charge on any atom is 0.340 e. The van der Waals surface area contributed by atoms with Gasteiger partial charge in [0.1, 0.15) is 5.75 Å². The van der Waals surface area contributed by atoms with E-state index in [0.29, 0.717) is 11.4 Å². The molecule has 0 spiro atoms. The average Bonchev–Trinajstić information content (AvgIpc) is 2.79. The van der Waals surface area contributed by atoms with E-state index in [1.165, 1.54) is 31.4 Å². The Hall–Kier alpha value is -3.30. The van der Waals surface area contributed by atoms with E-state index < -0.39 is 28.5 Å². The number of nitrogens with zero attached hydrogens (tertiary/aromatic N) is 1. The third-order valence-electron chi connectivity index (χ3n) is 4.18. The highest BCUT2D eigenvalue weighted by Gasteiger charge is 2.26. The Balaban J connectivity index is 2.33. The number of anilines is 1. The van der Waals surface area contributed by atoms with Gasteiger partial charge in [0.25, 0.3) is 15.9 Å². The molecule has 0 atom stereocenters. The van der Waals surface area contributed by atoms with Gasteiger partial charge in [-0.1, -0.05) is 23.8 Å². The van der Waals surface area contributed by atoms with Crippen LogP contribution < -0.4 is 14.4 Å². The van der Waals surface area contributed by atoms with Crippen molar-refractivity contribution >= 4 is 39.2 Å². The Bertz CT molecular complexity index is 1100. The number of esters is 1. The van der Waals surface area contributed by atoms with Gasteiger partial charge in [-0.2, -0.15) is 0 Å². The van der Waals surface area contributed by atoms with Gasteiger partial charge in [0.2, 0.25) is 0 Å². The Morgan fingerprint density at radius 1 is 1.12 bits per heavy atom. The molecule has 1 N–H and O–H groups in total. The van der Waals surface area contributed by atoms with E-state index in [1.807, 2.05) is 0 Å². The number of amides is 1. The number of methoxy groups -OCH3 is 1. The molecule has 0 fully saturated rings. The minimum Gasteiger partial charge on any atom is -0.497 e. The molecule has 8 nitrogen and oxygen atoms in total. The first kappa shape index (κ1) is 25.0. The summed E-state index contributed by atoms with van der Waals surface area (Å²) in [6.45, 7) is 6.74. The van der Waals surface area contributed by atoms with Crippen molar-refractivity contribution in [1.82, 2.24) is 5.32 Å². The smallest absolute Gasteiger partial charge is 0.340 e. The Labute approximate surface area is 192 Å². The van der Waals surface area contributed by atoms with Crippen molar-refractivity contribution in [2.24, 2.45) is 0 Å². The lowest BCUT2D eigenvalue weighted by Gasteiger charge is -2.23. The fraction of sp³-hybridized carbons (Fsp3) is 0.182. The van der Waals surface area contributed by atoms with Crippen LogP contribution in [0.1, 0.15) is 10.4 Å². The zero-order valence-corrected chi connectivity index (χ0v) is 19.0. The molecular weight excluding hydrogens is 456 g/mol. The van der Waals surface area contributed by atoms with Gasteiger partial charge in [0.15, 0.2) is 6.61 Å². The summed E-state index contributed by atoms with van der Waals surface area (Å²) in [7, 11) is -2.58. The SMILES string of the molecule is C=CCNC(=O)COC(=O)c1cc(S(=O)(=O)N(CC=C)c2ccc(OC)cc2)ccc1Cl. The third-order valence-corrected chi connectivity index (χ3v) is 6.30. The van der Waals surface area contributed by atoms with Gasteiger partial charge in [-0.25, -0.2) is 13.2 Å². The highest BCUT2D eigenvalue weighted by molar-refractivity contribution is 7.92. The van der Waals surface area contributed by atoms with Crippen LogP contribution in [0, 0.1) is 0 Å². The zero-order valence-electron chi connectivity index (χ0n) is 17.4. The van der Waals surface area contributed by atoms with Crippen molar-refractivity contribution in [3.05, 3.63) is 78.4 Å². The molecule has 0 bridgehead atoms. The summed E-state index contributed by atoms with van der Waals surface area (Å²) in [6.07, 6.45) is 2.91. The van der Waals surface area contributed by atoms with E-state index in [9.17, 15) is 18.0 Å². The predicted octanol–water partition coefficient (Wildman–Crippen LogP) is 3.19.